The average Bonchev–Trinajstić information content (AvgIpc) is 2.96. The number of carbonyl (C=O) groups is 1. The lowest BCUT2D eigenvalue weighted by molar-refractivity contribution is 0.0954. The van der Waals surface area contributed by atoms with E-state index in [0.29, 0.717) is 36.0 Å². The van der Waals surface area contributed by atoms with E-state index in [2.05, 4.69) is 15.3 Å². The van der Waals surface area contributed by atoms with E-state index in [-0.39, 0.29) is 5.91 Å². The predicted octanol–water partition coefficient (Wildman–Crippen LogP) is 3.76. The summed E-state index contributed by atoms with van der Waals surface area (Å²) < 4.78 is 1.66. The SMILES string of the molecule is Cc1nn(Cc2ccccc2)c(Cl)c1C(=O)NCCN(C)c1ccccc1. The molecule has 1 amide bonds. The normalized spacial score (nSPS) is 10.6. The largest absolute Gasteiger partial charge is 0.373 e. The number of benzene rings is 2. The second kappa shape index (κ2) is 8.73. The van der Waals surface area contributed by atoms with Gasteiger partial charge in [0.25, 0.3) is 5.91 Å². The Bertz CT molecular complexity index is 893. The molecule has 0 atom stereocenters. The number of para-hydroxylation sites is 1. The first-order chi connectivity index (χ1) is 13.1. The molecule has 6 heteroatoms. The summed E-state index contributed by atoms with van der Waals surface area (Å²) in [6.45, 7) is 3.55. The van der Waals surface area contributed by atoms with Gasteiger partial charge in [-0.2, -0.15) is 5.10 Å². The van der Waals surface area contributed by atoms with Crippen molar-refractivity contribution in [2.75, 3.05) is 25.0 Å². The fourth-order valence-electron chi connectivity index (χ4n) is 2.91. The molecule has 1 N–H and O–H groups in total. The zero-order chi connectivity index (χ0) is 19.2. The highest BCUT2D eigenvalue weighted by molar-refractivity contribution is 6.33. The summed E-state index contributed by atoms with van der Waals surface area (Å²) in [6.07, 6.45) is 0. The van der Waals surface area contributed by atoms with Gasteiger partial charge in [-0.25, -0.2) is 4.68 Å². The van der Waals surface area contributed by atoms with Crippen molar-refractivity contribution in [3.63, 3.8) is 0 Å². The lowest BCUT2D eigenvalue weighted by Crippen LogP contribution is -2.33. The molecule has 0 bridgehead atoms. The van der Waals surface area contributed by atoms with Crippen LogP contribution in [-0.2, 0) is 6.54 Å². The highest BCUT2D eigenvalue weighted by Gasteiger charge is 2.20. The van der Waals surface area contributed by atoms with Crippen molar-refractivity contribution in [1.82, 2.24) is 15.1 Å². The van der Waals surface area contributed by atoms with Gasteiger partial charge in [-0.15, -0.1) is 0 Å². The summed E-state index contributed by atoms with van der Waals surface area (Å²) in [7, 11) is 2.00. The van der Waals surface area contributed by atoms with Crippen LogP contribution in [-0.4, -0.2) is 35.8 Å². The van der Waals surface area contributed by atoms with E-state index in [0.717, 1.165) is 11.3 Å². The molecular weight excluding hydrogens is 360 g/mol. The van der Waals surface area contributed by atoms with Crippen LogP contribution in [0.15, 0.2) is 60.7 Å². The smallest absolute Gasteiger partial charge is 0.256 e. The number of nitrogens with zero attached hydrogens (tertiary/aromatic N) is 3. The fraction of sp³-hybridized carbons (Fsp3) is 0.238. The maximum Gasteiger partial charge on any atom is 0.256 e. The van der Waals surface area contributed by atoms with Gasteiger partial charge in [-0.05, 0) is 24.6 Å². The third kappa shape index (κ3) is 4.68. The minimum atomic E-state index is -0.196. The molecule has 0 aliphatic carbocycles. The van der Waals surface area contributed by atoms with E-state index >= 15 is 0 Å². The first kappa shape index (κ1) is 19.0. The minimum Gasteiger partial charge on any atom is -0.373 e. The van der Waals surface area contributed by atoms with Gasteiger partial charge in [0.1, 0.15) is 5.15 Å². The zero-order valence-corrected chi connectivity index (χ0v) is 16.3. The van der Waals surface area contributed by atoms with E-state index in [1.165, 1.54) is 0 Å². The van der Waals surface area contributed by atoms with E-state index in [1.807, 2.05) is 67.7 Å². The minimum absolute atomic E-state index is 0.196. The molecule has 0 unspecified atom stereocenters. The summed E-state index contributed by atoms with van der Waals surface area (Å²) in [5, 5.41) is 7.74. The maximum absolute atomic E-state index is 12.6. The van der Waals surface area contributed by atoms with Crippen LogP contribution in [0.25, 0.3) is 0 Å². The van der Waals surface area contributed by atoms with E-state index in [9.17, 15) is 4.79 Å². The predicted molar refractivity (Wildman–Crippen MR) is 110 cm³/mol. The number of aryl methyl sites for hydroxylation is 1. The number of aromatic nitrogens is 2. The molecule has 2 aromatic carbocycles. The number of anilines is 1. The van der Waals surface area contributed by atoms with Crippen LogP contribution in [0.1, 0.15) is 21.6 Å². The molecule has 0 saturated carbocycles. The van der Waals surface area contributed by atoms with Crippen LogP contribution in [0.3, 0.4) is 0 Å². The molecule has 0 radical (unpaired) electrons. The molecule has 0 aliphatic rings. The molecule has 3 aromatic rings. The zero-order valence-electron chi connectivity index (χ0n) is 15.5. The first-order valence-electron chi connectivity index (χ1n) is 8.87. The Labute approximate surface area is 164 Å². The van der Waals surface area contributed by atoms with Gasteiger partial charge < -0.3 is 10.2 Å². The van der Waals surface area contributed by atoms with Crippen LogP contribution < -0.4 is 10.2 Å². The van der Waals surface area contributed by atoms with Gasteiger partial charge in [-0.3, -0.25) is 4.79 Å². The van der Waals surface area contributed by atoms with Crippen molar-refractivity contribution in [3.05, 3.63) is 82.6 Å². The number of nitrogens with one attached hydrogen (secondary N) is 1. The van der Waals surface area contributed by atoms with Crippen molar-refractivity contribution in [1.29, 1.82) is 0 Å². The summed E-state index contributed by atoms with van der Waals surface area (Å²) in [4.78, 5) is 14.7. The number of amides is 1. The Morgan fingerprint density at radius 3 is 2.41 bits per heavy atom. The Hall–Kier alpha value is -2.79. The number of carbonyl (C=O) groups excluding carboxylic acids is 1. The quantitative estimate of drug-likeness (QED) is 0.676. The van der Waals surface area contributed by atoms with Crippen LogP contribution in [0.2, 0.25) is 5.15 Å². The Kier molecular flexibility index (Phi) is 6.14. The van der Waals surface area contributed by atoms with E-state index in [4.69, 9.17) is 11.6 Å². The molecule has 5 nitrogen and oxygen atoms in total. The third-order valence-corrected chi connectivity index (χ3v) is 4.78. The van der Waals surface area contributed by atoms with Crippen LogP contribution in [0.4, 0.5) is 5.69 Å². The average molecular weight is 383 g/mol. The van der Waals surface area contributed by atoms with Gasteiger partial charge in [-0.1, -0.05) is 60.1 Å². The van der Waals surface area contributed by atoms with E-state index < -0.39 is 0 Å². The topological polar surface area (TPSA) is 50.2 Å². The second-order valence-electron chi connectivity index (χ2n) is 6.41. The van der Waals surface area contributed by atoms with Gasteiger partial charge in [0.05, 0.1) is 17.8 Å². The van der Waals surface area contributed by atoms with Crippen molar-refractivity contribution < 1.29 is 4.79 Å². The number of hydrogen-bond donors (Lipinski definition) is 1. The Morgan fingerprint density at radius 1 is 1.11 bits per heavy atom. The van der Waals surface area contributed by atoms with Crippen molar-refractivity contribution in [2.45, 2.75) is 13.5 Å². The van der Waals surface area contributed by atoms with E-state index in [1.54, 1.807) is 11.6 Å². The summed E-state index contributed by atoms with van der Waals surface area (Å²) >= 11 is 6.44. The van der Waals surface area contributed by atoms with Gasteiger partial charge in [0.15, 0.2) is 0 Å². The standard InChI is InChI=1S/C21H23ClN4O/c1-16-19(20(22)26(24-16)15-17-9-5-3-6-10-17)21(27)23-13-14-25(2)18-11-7-4-8-12-18/h3-12H,13-15H2,1-2H3,(H,23,27). The third-order valence-electron chi connectivity index (χ3n) is 4.40. The fourth-order valence-corrected chi connectivity index (χ4v) is 3.23. The molecule has 0 aliphatic heterocycles. The molecule has 27 heavy (non-hydrogen) atoms. The van der Waals surface area contributed by atoms with Crippen molar-refractivity contribution in [2.24, 2.45) is 0 Å². The number of rotatable bonds is 7. The lowest BCUT2D eigenvalue weighted by Gasteiger charge is -2.19. The Balaban J connectivity index is 1.61. The number of likely N-dealkylation sites (N-methyl/N-ethyl adjacent to an activating group) is 1. The molecule has 1 heterocycles. The number of hydrogen-bond acceptors (Lipinski definition) is 3. The van der Waals surface area contributed by atoms with Gasteiger partial charge in [0.2, 0.25) is 0 Å². The maximum atomic E-state index is 12.6. The summed E-state index contributed by atoms with van der Waals surface area (Å²) in [6, 6.07) is 20.0. The first-order valence-corrected chi connectivity index (χ1v) is 9.25. The summed E-state index contributed by atoms with van der Waals surface area (Å²) in [5.74, 6) is -0.196. The highest BCUT2D eigenvalue weighted by Crippen LogP contribution is 2.21. The van der Waals surface area contributed by atoms with Crippen molar-refractivity contribution >= 4 is 23.2 Å². The molecule has 140 valence electrons. The van der Waals surface area contributed by atoms with Gasteiger partial charge in [0, 0.05) is 25.8 Å². The number of halogens is 1. The summed E-state index contributed by atoms with van der Waals surface area (Å²) in [5.41, 5.74) is 3.26. The van der Waals surface area contributed by atoms with Crippen molar-refractivity contribution in [3.8, 4) is 0 Å². The molecule has 3 rings (SSSR count). The monoisotopic (exact) mass is 382 g/mol. The second-order valence-corrected chi connectivity index (χ2v) is 6.77. The molecule has 0 spiro atoms. The molecule has 0 saturated heterocycles. The van der Waals surface area contributed by atoms with Crippen LogP contribution in [0.5, 0.6) is 0 Å². The van der Waals surface area contributed by atoms with Gasteiger partial charge >= 0.3 is 0 Å². The van der Waals surface area contributed by atoms with Crippen LogP contribution >= 0.6 is 11.6 Å². The molecule has 1 aromatic heterocycles. The lowest BCUT2D eigenvalue weighted by atomic mass is 10.2. The Morgan fingerprint density at radius 2 is 1.74 bits per heavy atom. The van der Waals surface area contributed by atoms with Crippen LogP contribution in [0, 0.1) is 6.92 Å². The molecule has 0 fully saturated rings. The highest BCUT2D eigenvalue weighted by atomic mass is 35.5. The molecular formula is C21H23ClN4O.